The minimum absolute atomic E-state index is 0.145. The average molecular weight is 505 g/mol. The Bertz CT molecular complexity index is 1210. The Morgan fingerprint density at radius 2 is 1.61 bits per heavy atom. The van der Waals surface area contributed by atoms with Gasteiger partial charge in [0.15, 0.2) is 0 Å². The van der Waals surface area contributed by atoms with Crippen molar-refractivity contribution in [2.45, 2.75) is 33.1 Å². The second-order valence-electron chi connectivity index (χ2n) is 9.44. The Balaban J connectivity index is 1.48. The second-order valence-corrected chi connectivity index (χ2v) is 9.84. The third-order valence-corrected chi connectivity index (χ3v) is 7.00. The molecule has 3 aromatic carbocycles. The van der Waals surface area contributed by atoms with E-state index in [0.717, 1.165) is 43.6 Å². The van der Waals surface area contributed by atoms with E-state index in [9.17, 15) is 9.59 Å². The highest BCUT2D eigenvalue weighted by molar-refractivity contribution is 6.31. The zero-order valence-corrected chi connectivity index (χ0v) is 21.6. The summed E-state index contributed by atoms with van der Waals surface area (Å²) in [5.41, 5.74) is 4.72. The van der Waals surface area contributed by atoms with Gasteiger partial charge in [-0.2, -0.15) is 0 Å². The first-order valence-electron chi connectivity index (χ1n) is 12.4. The maximum absolute atomic E-state index is 13.3. The van der Waals surface area contributed by atoms with Crippen LogP contribution < -0.4 is 20.9 Å². The van der Waals surface area contributed by atoms with Gasteiger partial charge in [0, 0.05) is 41.7 Å². The van der Waals surface area contributed by atoms with Crippen LogP contribution in [0, 0.1) is 12.8 Å². The first kappa shape index (κ1) is 25.6. The molecule has 0 spiro atoms. The predicted molar refractivity (Wildman–Crippen MR) is 148 cm³/mol. The topological polar surface area (TPSA) is 73.5 Å². The summed E-state index contributed by atoms with van der Waals surface area (Å²) >= 11 is 6.17. The van der Waals surface area contributed by atoms with Gasteiger partial charge in [0.2, 0.25) is 0 Å². The summed E-state index contributed by atoms with van der Waals surface area (Å²) in [5, 5.41) is 9.29. The lowest BCUT2D eigenvalue weighted by molar-refractivity contribution is 0.0954. The van der Waals surface area contributed by atoms with Gasteiger partial charge < -0.3 is 20.9 Å². The quantitative estimate of drug-likeness (QED) is 0.344. The first-order valence-corrected chi connectivity index (χ1v) is 12.8. The maximum Gasteiger partial charge on any atom is 0.323 e. The van der Waals surface area contributed by atoms with Crippen LogP contribution in [0.3, 0.4) is 0 Å². The number of amides is 3. The van der Waals surface area contributed by atoms with E-state index < -0.39 is 6.03 Å². The molecule has 1 heterocycles. The highest BCUT2D eigenvalue weighted by Crippen LogP contribution is 2.29. The third kappa shape index (κ3) is 6.79. The molecular weight excluding hydrogens is 472 g/mol. The van der Waals surface area contributed by atoms with Crippen molar-refractivity contribution in [3.63, 3.8) is 0 Å². The molecule has 1 aliphatic heterocycles. The van der Waals surface area contributed by atoms with Crippen LogP contribution in [0.25, 0.3) is 0 Å². The van der Waals surface area contributed by atoms with Crippen LogP contribution in [0.2, 0.25) is 5.02 Å². The smallest absolute Gasteiger partial charge is 0.323 e. The predicted octanol–water partition coefficient (Wildman–Crippen LogP) is 6.50. The number of rotatable bonds is 7. The van der Waals surface area contributed by atoms with Gasteiger partial charge in [-0.25, -0.2) is 4.79 Å². The number of benzene rings is 3. The molecule has 0 radical (unpaired) electrons. The molecular formula is C29H33ClN4O2. The first-order chi connectivity index (χ1) is 17.4. The molecule has 0 atom stereocenters. The van der Waals surface area contributed by atoms with Gasteiger partial charge in [0.05, 0.1) is 5.56 Å². The number of carbonyl (C=O) groups is 2. The average Bonchev–Trinajstić information content (AvgIpc) is 2.87. The molecule has 0 aromatic heterocycles. The molecule has 0 bridgehead atoms. The van der Waals surface area contributed by atoms with Crippen molar-refractivity contribution < 1.29 is 9.59 Å². The van der Waals surface area contributed by atoms with E-state index >= 15 is 0 Å². The van der Waals surface area contributed by atoms with Gasteiger partial charge in [-0.05, 0) is 73.6 Å². The van der Waals surface area contributed by atoms with E-state index in [4.69, 9.17) is 11.6 Å². The van der Waals surface area contributed by atoms with Crippen molar-refractivity contribution in [3.05, 3.63) is 88.4 Å². The highest BCUT2D eigenvalue weighted by atomic mass is 35.5. The van der Waals surface area contributed by atoms with Crippen LogP contribution in [-0.2, 0) is 6.42 Å². The number of aryl methyl sites for hydroxylation is 1. The maximum atomic E-state index is 13.3. The molecule has 3 N–H and O–H groups in total. The van der Waals surface area contributed by atoms with Gasteiger partial charge in [-0.15, -0.1) is 0 Å². The number of halogens is 1. The minimum Gasteiger partial charge on any atom is -0.371 e. The molecule has 4 rings (SSSR count). The highest BCUT2D eigenvalue weighted by Gasteiger charge is 2.22. The summed E-state index contributed by atoms with van der Waals surface area (Å²) in [6.07, 6.45) is 2.94. The Hall–Kier alpha value is -3.51. The van der Waals surface area contributed by atoms with E-state index in [1.165, 1.54) is 5.56 Å². The van der Waals surface area contributed by atoms with Crippen LogP contribution in [0.15, 0.2) is 66.7 Å². The lowest BCUT2D eigenvalue weighted by Crippen LogP contribution is -2.35. The largest absolute Gasteiger partial charge is 0.371 e. The van der Waals surface area contributed by atoms with Crippen LogP contribution >= 0.6 is 11.6 Å². The lowest BCUT2D eigenvalue weighted by Gasteiger charge is -2.33. The van der Waals surface area contributed by atoms with Crippen molar-refractivity contribution in [2.24, 2.45) is 5.92 Å². The number of piperidine rings is 1. The number of hydrogen-bond acceptors (Lipinski definition) is 3. The molecule has 188 valence electrons. The Morgan fingerprint density at radius 3 is 2.31 bits per heavy atom. The lowest BCUT2D eigenvalue weighted by atomic mass is 9.97. The second kappa shape index (κ2) is 12.0. The van der Waals surface area contributed by atoms with Crippen molar-refractivity contribution in [2.75, 3.05) is 35.2 Å². The summed E-state index contributed by atoms with van der Waals surface area (Å²) < 4.78 is 0. The van der Waals surface area contributed by atoms with E-state index in [0.29, 0.717) is 34.4 Å². The molecule has 1 saturated heterocycles. The van der Waals surface area contributed by atoms with Gasteiger partial charge in [0.25, 0.3) is 5.91 Å². The van der Waals surface area contributed by atoms with Gasteiger partial charge in [-0.3, -0.25) is 4.79 Å². The summed E-state index contributed by atoms with van der Waals surface area (Å²) in [6.45, 7) is 6.52. The van der Waals surface area contributed by atoms with E-state index in [1.54, 1.807) is 18.2 Å². The number of carbonyl (C=O) groups excluding carboxylic acids is 2. The van der Waals surface area contributed by atoms with Crippen LogP contribution in [0.1, 0.15) is 41.3 Å². The van der Waals surface area contributed by atoms with Crippen molar-refractivity contribution in [3.8, 4) is 0 Å². The third-order valence-electron chi connectivity index (χ3n) is 6.60. The number of nitrogens with one attached hydrogen (secondary N) is 3. The number of urea groups is 1. The molecule has 6 nitrogen and oxygen atoms in total. The van der Waals surface area contributed by atoms with Gasteiger partial charge >= 0.3 is 6.03 Å². The Labute approximate surface area is 218 Å². The van der Waals surface area contributed by atoms with Crippen LogP contribution in [0.5, 0.6) is 0 Å². The molecule has 7 heteroatoms. The molecule has 3 amide bonds. The van der Waals surface area contributed by atoms with Crippen molar-refractivity contribution >= 4 is 40.6 Å². The van der Waals surface area contributed by atoms with E-state index in [1.807, 2.05) is 43.3 Å². The number of hydrogen-bond donors (Lipinski definition) is 3. The summed E-state index contributed by atoms with van der Waals surface area (Å²) in [6, 6.07) is 20.6. The SMILES string of the molecule is Cc1ccc(NC(=O)Nc2ccc(N3CCC(C)CC3)c(C(=O)NCCc3ccccc3)c2)cc1Cl. The number of nitrogens with zero attached hydrogens (tertiary/aromatic N) is 1. The van der Waals surface area contributed by atoms with Gasteiger partial charge in [0.1, 0.15) is 0 Å². The van der Waals surface area contributed by atoms with Crippen molar-refractivity contribution in [1.82, 2.24) is 5.32 Å². The molecule has 3 aromatic rings. The van der Waals surface area contributed by atoms with E-state index in [-0.39, 0.29) is 5.91 Å². The fourth-order valence-corrected chi connectivity index (χ4v) is 4.53. The van der Waals surface area contributed by atoms with Crippen molar-refractivity contribution in [1.29, 1.82) is 0 Å². The Kier molecular flexibility index (Phi) is 8.49. The zero-order valence-electron chi connectivity index (χ0n) is 20.8. The minimum atomic E-state index is -0.398. The van der Waals surface area contributed by atoms with Crippen LogP contribution in [-0.4, -0.2) is 31.6 Å². The van der Waals surface area contributed by atoms with E-state index in [2.05, 4.69) is 39.9 Å². The summed E-state index contributed by atoms with van der Waals surface area (Å²) in [4.78, 5) is 28.2. The fourth-order valence-electron chi connectivity index (χ4n) is 4.35. The number of anilines is 3. The summed E-state index contributed by atoms with van der Waals surface area (Å²) in [7, 11) is 0. The fraction of sp³-hybridized carbons (Fsp3) is 0.310. The Morgan fingerprint density at radius 1 is 0.944 bits per heavy atom. The molecule has 0 unspecified atom stereocenters. The molecule has 36 heavy (non-hydrogen) atoms. The van der Waals surface area contributed by atoms with Crippen LogP contribution in [0.4, 0.5) is 21.9 Å². The molecule has 0 saturated carbocycles. The molecule has 1 fully saturated rings. The zero-order chi connectivity index (χ0) is 25.5. The van der Waals surface area contributed by atoms with Gasteiger partial charge in [-0.1, -0.05) is 54.9 Å². The summed E-state index contributed by atoms with van der Waals surface area (Å²) in [5.74, 6) is 0.540. The standard InChI is InChI=1S/C29H33ClN4O2/c1-20-13-16-34(17-14-20)27-11-10-23(32-29(36)33-24-9-8-21(2)26(30)19-24)18-25(27)28(35)31-15-12-22-6-4-3-5-7-22/h3-11,18-20H,12-17H2,1-2H3,(H,31,35)(H2,32,33,36). The molecule has 1 aliphatic rings. The molecule has 0 aliphatic carbocycles. The monoisotopic (exact) mass is 504 g/mol. The normalized spacial score (nSPS) is 13.8.